The van der Waals surface area contributed by atoms with Crippen LogP contribution in [-0.4, -0.2) is 31.6 Å². The number of amides is 3. The maximum atomic E-state index is 12.7. The summed E-state index contributed by atoms with van der Waals surface area (Å²) < 4.78 is 4.97. The van der Waals surface area contributed by atoms with Crippen LogP contribution in [0.5, 0.6) is 0 Å². The first-order valence-corrected chi connectivity index (χ1v) is 10.2. The van der Waals surface area contributed by atoms with Gasteiger partial charge in [-0.25, -0.2) is 4.79 Å². The minimum absolute atomic E-state index is 0.243. The average Bonchev–Trinajstić information content (AvgIpc) is 2.81. The number of hydrogen-bond donors (Lipinski definition) is 2. The van der Waals surface area contributed by atoms with Crippen LogP contribution < -0.4 is 15.5 Å². The van der Waals surface area contributed by atoms with E-state index in [1.165, 1.54) is 4.90 Å². The van der Waals surface area contributed by atoms with Crippen molar-refractivity contribution in [3.63, 3.8) is 0 Å². The topological polar surface area (TPSA) is 87.7 Å². The van der Waals surface area contributed by atoms with Crippen LogP contribution in [0.1, 0.15) is 33.2 Å². The summed E-state index contributed by atoms with van der Waals surface area (Å²) in [4.78, 5) is 38.4. The van der Waals surface area contributed by atoms with Crippen LogP contribution in [-0.2, 0) is 4.74 Å². The van der Waals surface area contributed by atoms with Crippen LogP contribution in [0.4, 0.5) is 21.9 Å². The molecular weight excluding hydrogens is 406 g/mol. The second-order valence-corrected chi connectivity index (χ2v) is 7.11. The molecule has 164 valence electrons. The predicted molar refractivity (Wildman–Crippen MR) is 125 cm³/mol. The van der Waals surface area contributed by atoms with E-state index in [-0.39, 0.29) is 11.8 Å². The van der Waals surface area contributed by atoms with Crippen LogP contribution in [0, 0.1) is 6.92 Å². The lowest BCUT2D eigenvalue weighted by Gasteiger charge is -2.17. The van der Waals surface area contributed by atoms with Gasteiger partial charge in [0.05, 0.1) is 6.61 Å². The van der Waals surface area contributed by atoms with Crippen molar-refractivity contribution in [1.29, 1.82) is 0 Å². The molecule has 7 heteroatoms. The summed E-state index contributed by atoms with van der Waals surface area (Å²) in [5, 5.41) is 5.68. The van der Waals surface area contributed by atoms with E-state index in [0.29, 0.717) is 34.8 Å². The highest BCUT2D eigenvalue weighted by Gasteiger charge is 2.14. The highest BCUT2D eigenvalue weighted by Crippen LogP contribution is 2.21. The molecule has 0 aliphatic rings. The summed E-state index contributed by atoms with van der Waals surface area (Å²) in [6, 6.07) is 20.9. The van der Waals surface area contributed by atoms with E-state index in [0.717, 1.165) is 5.56 Å². The molecule has 0 aromatic heterocycles. The molecule has 0 aliphatic heterocycles. The van der Waals surface area contributed by atoms with Gasteiger partial charge in [-0.2, -0.15) is 0 Å². The molecule has 0 unspecified atom stereocenters. The molecule has 7 nitrogen and oxygen atoms in total. The van der Waals surface area contributed by atoms with Gasteiger partial charge in [0.1, 0.15) is 0 Å². The monoisotopic (exact) mass is 431 g/mol. The Balaban J connectivity index is 1.69. The Morgan fingerprint density at radius 3 is 2.16 bits per heavy atom. The van der Waals surface area contributed by atoms with Gasteiger partial charge >= 0.3 is 6.09 Å². The third-order valence-electron chi connectivity index (χ3n) is 4.84. The summed E-state index contributed by atoms with van der Waals surface area (Å²) >= 11 is 0. The van der Waals surface area contributed by atoms with Crippen LogP contribution in [0.3, 0.4) is 0 Å². The second kappa shape index (κ2) is 10.3. The number of nitrogens with one attached hydrogen (secondary N) is 2. The highest BCUT2D eigenvalue weighted by atomic mass is 16.6. The molecule has 0 aliphatic carbocycles. The van der Waals surface area contributed by atoms with Gasteiger partial charge in [-0.15, -0.1) is 0 Å². The molecule has 3 aromatic carbocycles. The molecule has 0 spiro atoms. The van der Waals surface area contributed by atoms with Crippen LogP contribution in [0.2, 0.25) is 0 Å². The van der Waals surface area contributed by atoms with Crippen molar-refractivity contribution in [3.8, 4) is 0 Å². The van der Waals surface area contributed by atoms with E-state index in [4.69, 9.17) is 4.74 Å². The zero-order chi connectivity index (χ0) is 23.1. The number of benzene rings is 3. The first kappa shape index (κ1) is 22.6. The van der Waals surface area contributed by atoms with Gasteiger partial charge in [0.15, 0.2) is 0 Å². The van der Waals surface area contributed by atoms with Gasteiger partial charge in [-0.05, 0) is 67.9 Å². The molecule has 0 bridgehead atoms. The van der Waals surface area contributed by atoms with Gasteiger partial charge in [0.2, 0.25) is 0 Å². The number of aryl methyl sites for hydroxylation is 1. The molecule has 3 amide bonds. The summed E-state index contributed by atoms with van der Waals surface area (Å²) in [6.45, 7) is 3.90. The van der Waals surface area contributed by atoms with Crippen molar-refractivity contribution in [2.75, 3.05) is 29.2 Å². The number of ether oxygens (including phenoxy) is 1. The van der Waals surface area contributed by atoms with Gasteiger partial charge in [-0.3, -0.25) is 14.5 Å². The molecule has 0 saturated carbocycles. The maximum Gasteiger partial charge on any atom is 0.413 e. The molecule has 0 fully saturated rings. The van der Waals surface area contributed by atoms with Crippen molar-refractivity contribution < 1.29 is 19.1 Å². The smallest absolute Gasteiger partial charge is 0.413 e. The van der Waals surface area contributed by atoms with Crippen molar-refractivity contribution in [3.05, 3.63) is 89.5 Å². The lowest BCUT2D eigenvalue weighted by molar-refractivity contribution is 0.101. The number of carbonyl (C=O) groups excluding carboxylic acids is 3. The van der Waals surface area contributed by atoms with E-state index < -0.39 is 6.09 Å². The zero-order valence-corrected chi connectivity index (χ0v) is 18.2. The molecule has 0 radical (unpaired) electrons. The van der Waals surface area contributed by atoms with E-state index in [9.17, 15) is 14.4 Å². The number of anilines is 3. The second-order valence-electron chi connectivity index (χ2n) is 7.11. The quantitative estimate of drug-likeness (QED) is 0.569. The van der Waals surface area contributed by atoms with Crippen LogP contribution in [0.25, 0.3) is 0 Å². The molecule has 32 heavy (non-hydrogen) atoms. The zero-order valence-electron chi connectivity index (χ0n) is 18.2. The summed E-state index contributed by atoms with van der Waals surface area (Å²) in [6.07, 6.45) is -0.450. The van der Waals surface area contributed by atoms with Crippen molar-refractivity contribution in [2.45, 2.75) is 13.8 Å². The van der Waals surface area contributed by atoms with Crippen LogP contribution in [0.15, 0.2) is 72.8 Å². The fourth-order valence-corrected chi connectivity index (χ4v) is 2.98. The number of carbonyl (C=O) groups is 3. The predicted octanol–water partition coefficient (Wildman–Crippen LogP) is 5.09. The van der Waals surface area contributed by atoms with Crippen molar-refractivity contribution in [2.24, 2.45) is 0 Å². The Morgan fingerprint density at radius 1 is 0.844 bits per heavy atom. The van der Waals surface area contributed by atoms with Gasteiger partial charge < -0.3 is 15.4 Å². The van der Waals surface area contributed by atoms with Gasteiger partial charge in [-0.1, -0.05) is 24.3 Å². The van der Waals surface area contributed by atoms with Crippen molar-refractivity contribution >= 4 is 35.0 Å². The Morgan fingerprint density at radius 2 is 1.50 bits per heavy atom. The average molecular weight is 431 g/mol. The van der Waals surface area contributed by atoms with Gasteiger partial charge in [0, 0.05) is 35.2 Å². The molecule has 3 aromatic rings. The summed E-state index contributed by atoms with van der Waals surface area (Å²) in [5.74, 6) is -0.556. The third-order valence-corrected chi connectivity index (χ3v) is 4.84. The molecule has 0 atom stereocenters. The minimum atomic E-state index is -0.450. The first-order valence-electron chi connectivity index (χ1n) is 10.2. The number of hydrogen-bond acceptors (Lipinski definition) is 4. The SMILES string of the molecule is CCOC(=O)N(C)c1ccc(NC(=O)c2ccc(C)c(NC(=O)c3ccccc3)c2)cc1. The highest BCUT2D eigenvalue weighted by molar-refractivity contribution is 6.07. The largest absolute Gasteiger partial charge is 0.449 e. The van der Waals surface area contributed by atoms with Crippen molar-refractivity contribution in [1.82, 2.24) is 0 Å². The maximum absolute atomic E-state index is 12.7. The number of rotatable bonds is 6. The fraction of sp³-hybridized carbons (Fsp3) is 0.160. The van der Waals surface area contributed by atoms with E-state index in [1.807, 2.05) is 13.0 Å². The first-order chi connectivity index (χ1) is 15.4. The van der Waals surface area contributed by atoms with Gasteiger partial charge in [0.25, 0.3) is 11.8 Å². The minimum Gasteiger partial charge on any atom is -0.449 e. The molecule has 3 rings (SSSR count). The molecular formula is C25H25N3O4. The summed E-state index contributed by atoms with van der Waals surface area (Å²) in [5.41, 5.74) is 3.57. The normalized spacial score (nSPS) is 10.2. The number of nitrogens with zero attached hydrogens (tertiary/aromatic N) is 1. The van der Waals surface area contributed by atoms with E-state index in [2.05, 4.69) is 10.6 Å². The Kier molecular flexibility index (Phi) is 7.23. The fourth-order valence-electron chi connectivity index (χ4n) is 2.98. The standard InChI is InChI=1S/C25H25N3O4/c1-4-32-25(31)28(3)21-14-12-20(13-15-21)26-24(30)19-11-10-17(2)22(16-19)27-23(29)18-8-6-5-7-9-18/h5-16H,4H2,1-3H3,(H,26,30)(H,27,29). The Hall–Kier alpha value is -4.13. The third kappa shape index (κ3) is 5.51. The molecule has 0 heterocycles. The molecule has 0 saturated heterocycles. The Bertz CT molecular complexity index is 1110. The van der Waals surface area contributed by atoms with E-state index >= 15 is 0 Å². The van der Waals surface area contributed by atoms with E-state index in [1.54, 1.807) is 80.7 Å². The Labute approximate surface area is 187 Å². The lowest BCUT2D eigenvalue weighted by Crippen LogP contribution is -2.26. The summed E-state index contributed by atoms with van der Waals surface area (Å²) in [7, 11) is 1.61. The molecule has 2 N–H and O–H groups in total. The van der Waals surface area contributed by atoms with Crippen LogP contribution >= 0.6 is 0 Å². The lowest BCUT2D eigenvalue weighted by atomic mass is 10.1.